The lowest BCUT2D eigenvalue weighted by atomic mass is 10.2. The zero-order valence-corrected chi connectivity index (χ0v) is 19.8. The highest BCUT2D eigenvalue weighted by atomic mass is 32.2. The zero-order valence-electron chi connectivity index (χ0n) is 18.2. The third-order valence-electron chi connectivity index (χ3n) is 5.44. The Labute approximate surface area is 185 Å². The first-order chi connectivity index (χ1) is 14.4. The van der Waals surface area contributed by atoms with E-state index in [1.807, 2.05) is 9.80 Å². The fourth-order valence-electron chi connectivity index (χ4n) is 3.60. The number of aliphatic hydroxyl groups is 2. The summed E-state index contributed by atoms with van der Waals surface area (Å²) in [5.74, 6) is -0.417. The molecule has 0 spiro atoms. The van der Waals surface area contributed by atoms with E-state index in [2.05, 4.69) is 9.80 Å². The quantitative estimate of drug-likeness (QED) is 0.236. The molecule has 186 valence electrons. The molecule has 4 N–H and O–H groups in total. The standard InChI is InChI=1S/C9H20N2O4S.C8H18N2O4S/c1-9(8-16(13,14)15)11-4-2-10(3-5-11)6-7-12;11-7-5-9-1-3-10(4-2-9)6-8-15(12,13)14/h9,12H,2-8H2,1H3,(H,13,14,15);11H,1-8H2,(H,12,13,14). The Morgan fingerprint density at radius 1 is 0.677 bits per heavy atom. The van der Waals surface area contributed by atoms with Gasteiger partial charge in [-0.1, -0.05) is 0 Å². The van der Waals surface area contributed by atoms with E-state index in [1.54, 1.807) is 6.92 Å². The van der Waals surface area contributed by atoms with Gasteiger partial charge in [0.1, 0.15) is 0 Å². The predicted octanol–water partition coefficient (Wildman–Crippen LogP) is -2.64. The summed E-state index contributed by atoms with van der Waals surface area (Å²) in [4.78, 5) is 8.31. The predicted molar refractivity (Wildman–Crippen MR) is 117 cm³/mol. The largest absolute Gasteiger partial charge is 0.395 e. The summed E-state index contributed by atoms with van der Waals surface area (Å²) in [6, 6.07) is -0.161. The highest BCUT2D eigenvalue weighted by Crippen LogP contribution is 2.07. The van der Waals surface area contributed by atoms with Crippen molar-refractivity contribution < 1.29 is 36.2 Å². The van der Waals surface area contributed by atoms with Gasteiger partial charge in [0.25, 0.3) is 20.2 Å². The van der Waals surface area contributed by atoms with Crippen molar-refractivity contribution >= 4 is 20.2 Å². The topological polar surface area (TPSA) is 162 Å². The molecule has 2 fully saturated rings. The monoisotopic (exact) mass is 490 g/mol. The van der Waals surface area contributed by atoms with Crippen molar-refractivity contribution in [3.05, 3.63) is 0 Å². The van der Waals surface area contributed by atoms with Gasteiger partial charge < -0.3 is 10.2 Å². The van der Waals surface area contributed by atoms with E-state index in [0.717, 1.165) is 52.4 Å². The molecular weight excluding hydrogens is 452 g/mol. The molecule has 0 radical (unpaired) electrons. The van der Waals surface area contributed by atoms with Gasteiger partial charge in [-0.15, -0.1) is 0 Å². The van der Waals surface area contributed by atoms with Crippen LogP contribution in [0.5, 0.6) is 0 Å². The Bertz CT molecular complexity index is 691. The maximum atomic E-state index is 10.7. The van der Waals surface area contributed by atoms with Crippen LogP contribution in [0.3, 0.4) is 0 Å². The molecule has 12 nitrogen and oxygen atoms in total. The Morgan fingerprint density at radius 3 is 1.42 bits per heavy atom. The smallest absolute Gasteiger partial charge is 0.266 e. The lowest BCUT2D eigenvalue weighted by Gasteiger charge is -2.37. The van der Waals surface area contributed by atoms with Crippen molar-refractivity contribution in [3.8, 4) is 0 Å². The average molecular weight is 491 g/mol. The van der Waals surface area contributed by atoms with Crippen molar-refractivity contribution in [2.45, 2.75) is 13.0 Å². The van der Waals surface area contributed by atoms with Gasteiger partial charge in [0, 0.05) is 78.0 Å². The first-order valence-corrected chi connectivity index (χ1v) is 13.7. The van der Waals surface area contributed by atoms with Crippen LogP contribution in [0.1, 0.15) is 6.92 Å². The molecule has 0 bridgehead atoms. The SMILES string of the molecule is CC(CS(=O)(=O)O)N1CCN(CCO)CC1.O=S(=O)(O)CCN1CCN(CCO)CC1. The molecule has 0 aliphatic carbocycles. The number of rotatable bonds is 10. The van der Waals surface area contributed by atoms with E-state index in [0.29, 0.717) is 19.6 Å². The second-order valence-electron chi connectivity index (χ2n) is 7.89. The summed E-state index contributed by atoms with van der Waals surface area (Å²) in [6.45, 7) is 10.3. The molecule has 2 aliphatic heterocycles. The second kappa shape index (κ2) is 14.0. The first kappa shape index (κ1) is 28.6. The lowest BCUT2D eigenvalue weighted by molar-refractivity contribution is 0.0942. The van der Waals surface area contributed by atoms with Crippen LogP contribution in [-0.4, -0.2) is 159 Å². The van der Waals surface area contributed by atoms with Crippen LogP contribution in [0.2, 0.25) is 0 Å². The van der Waals surface area contributed by atoms with Crippen LogP contribution in [-0.2, 0) is 20.2 Å². The molecule has 2 rings (SSSR count). The molecular formula is C17H38N4O8S2. The number of aliphatic hydroxyl groups excluding tert-OH is 2. The molecule has 0 saturated carbocycles. The van der Waals surface area contributed by atoms with Gasteiger partial charge in [0.15, 0.2) is 0 Å². The van der Waals surface area contributed by atoms with E-state index >= 15 is 0 Å². The fourth-order valence-corrected chi connectivity index (χ4v) is 4.91. The van der Waals surface area contributed by atoms with Crippen molar-refractivity contribution in [1.82, 2.24) is 19.6 Å². The summed E-state index contributed by atoms with van der Waals surface area (Å²) >= 11 is 0. The molecule has 0 aromatic heterocycles. The third-order valence-corrected chi connectivity index (χ3v) is 7.05. The number of hydrogen-bond donors (Lipinski definition) is 4. The van der Waals surface area contributed by atoms with Crippen molar-refractivity contribution in [3.63, 3.8) is 0 Å². The van der Waals surface area contributed by atoms with Crippen molar-refractivity contribution in [2.75, 3.05) is 96.7 Å². The van der Waals surface area contributed by atoms with Crippen LogP contribution in [0.4, 0.5) is 0 Å². The van der Waals surface area contributed by atoms with Gasteiger partial charge in [-0.05, 0) is 6.92 Å². The normalized spacial score (nSPS) is 21.5. The molecule has 0 aromatic rings. The van der Waals surface area contributed by atoms with Gasteiger partial charge in [-0.3, -0.25) is 28.7 Å². The van der Waals surface area contributed by atoms with Gasteiger partial charge in [-0.2, -0.15) is 16.8 Å². The summed E-state index contributed by atoms with van der Waals surface area (Å²) < 4.78 is 59.9. The molecule has 0 amide bonds. The van der Waals surface area contributed by atoms with Crippen LogP contribution in [0.25, 0.3) is 0 Å². The maximum absolute atomic E-state index is 10.7. The van der Waals surface area contributed by atoms with E-state index in [1.165, 1.54) is 0 Å². The molecule has 1 atom stereocenters. The number of β-amino-alcohol motifs (C(OH)–C–C–N with tert-alkyl or cyclic N) is 2. The minimum Gasteiger partial charge on any atom is -0.395 e. The molecule has 1 unspecified atom stereocenters. The second-order valence-corrected chi connectivity index (χ2v) is 11.0. The number of nitrogens with zero attached hydrogens (tertiary/aromatic N) is 4. The van der Waals surface area contributed by atoms with E-state index in [9.17, 15) is 16.8 Å². The van der Waals surface area contributed by atoms with E-state index in [-0.39, 0.29) is 30.8 Å². The molecule has 0 aromatic carbocycles. The van der Waals surface area contributed by atoms with Crippen molar-refractivity contribution in [1.29, 1.82) is 0 Å². The van der Waals surface area contributed by atoms with Gasteiger partial charge in [0.05, 0.1) is 24.7 Å². The van der Waals surface area contributed by atoms with Crippen LogP contribution >= 0.6 is 0 Å². The first-order valence-electron chi connectivity index (χ1n) is 10.5. The Kier molecular flexibility index (Phi) is 12.9. The third kappa shape index (κ3) is 13.7. The molecule has 2 aliphatic rings. The van der Waals surface area contributed by atoms with Crippen LogP contribution in [0.15, 0.2) is 0 Å². The number of piperazine rings is 2. The van der Waals surface area contributed by atoms with E-state index in [4.69, 9.17) is 19.3 Å². The van der Waals surface area contributed by atoms with Gasteiger partial charge in [0.2, 0.25) is 0 Å². The van der Waals surface area contributed by atoms with Crippen molar-refractivity contribution in [2.24, 2.45) is 0 Å². The fraction of sp³-hybridized carbons (Fsp3) is 1.00. The van der Waals surface area contributed by atoms with E-state index < -0.39 is 20.2 Å². The molecule has 31 heavy (non-hydrogen) atoms. The van der Waals surface area contributed by atoms with Gasteiger partial charge >= 0.3 is 0 Å². The molecule has 14 heteroatoms. The Hall–Kier alpha value is -0.420. The lowest BCUT2D eigenvalue weighted by Crippen LogP contribution is -2.51. The zero-order chi connectivity index (χ0) is 23.5. The highest BCUT2D eigenvalue weighted by Gasteiger charge is 2.23. The highest BCUT2D eigenvalue weighted by molar-refractivity contribution is 7.86. The summed E-state index contributed by atoms with van der Waals surface area (Å²) in [5, 5.41) is 17.5. The summed E-state index contributed by atoms with van der Waals surface area (Å²) in [6.07, 6.45) is 0. The molecule has 2 heterocycles. The summed E-state index contributed by atoms with van der Waals surface area (Å²) in [5.41, 5.74) is 0. The summed E-state index contributed by atoms with van der Waals surface area (Å²) in [7, 11) is -7.73. The maximum Gasteiger partial charge on any atom is 0.266 e. The minimum atomic E-state index is -3.89. The Morgan fingerprint density at radius 2 is 1.06 bits per heavy atom. The van der Waals surface area contributed by atoms with Crippen LogP contribution < -0.4 is 0 Å². The minimum absolute atomic E-state index is 0.153. The number of hydrogen-bond acceptors (Lipinski definition) is 10. The molecule has 2 saturated heterocycles. The van der Waals surface area contributed by atoms with Crippen LogP contribution in [0, 0.1) is 0 Å². The average Bonchev–Trinajstić information content (AvgIpc) is 2.67. The van der Waals surface area contributed by atoms with Gasteiger partial charge in [-0.25, -0.2) is 0 Å². The Balaban J connectivity index is 0.000000311.